The van der Waals surface area contributed by atoms with Crippen molar-refractivity contribution >= 4 is 11.6 Å². The summed E-state index contributed by atoms with van der Waals surface area (Å²) < 4.78 is 5.73. The molecule has 0 saturated carbocycles. The highest BCUT2D eigenvalue weighted by Gasteiger charge is 2.24. The van der Waals surface area contributed by atoms with Crippen LogP contribution in [-0.4, -0.2) is 41.5 Å². The zero-order valence-corrected chi connectivity index (χ0v) is 11.0. The molecule has 0 aromatic heterocycles. The van der Waals surface area contributed by atoms with Crippen LogP contribution >= 0.6 is 0 Å². The number of hydrogen-bond donors (Lipinski definition) is 1. The van der Waals surface area contributed by atoms with Gasteiger partial charge in [-0.05, 0) is 18.9 Å². The Bertz CT molecular complexity index is 506. The lowest BCUT2D eigenvalue weighted by molar-refractivity contribution is -0.385. The van der Waals surface area contributed by atoms with Gasteiger partial charge in [-0.15, -0.1) is 0 Å². The van der Waals surface area contributed by atoms with Crippen molar-refractivity contribution in [3.8, 4) is 5.75 Å². The Morgan fingerprint density at radius 3 is 3.05 bits per heavy atom. The number of carbonyl (C=O) groups is 1. The van der Waals surface area contributed by atoms with E-state index in [1.165, 1.54) is 12.1 Å². The van der Waals surface area contributed by atoms with Crippen molar-refractivity contribution in [3.05, 3.63) is 34.4 Å². The minimum Gasteiger partial charge on any atom is -0.488 e. The molecule has 1 atom stereocenters. The van der Waals surface area contributed by atoms with Gasteiger partial charge in [0.05, 0.1) is 24.1 Å². The van der Waals surface area contributed by atoms with Gasteiger partial charge in [-0.25, -0.2) is 0 Å². The number of hydrogen-bond acceptors (Lipinski definition) is 5. The molecule has 20 heavy (non-hydrogen) atoms. The third kappa shape index (κ3) is 3.45. The first-order valence-electron chi connectivity index (χ1n) is 6.49. The Labute approximate surface area is 116 Å². The smallest absolute Gasteiger partial charge is 0.273 e. The Kier molecular flexibility index (Phi) is 4.52. The number of piperidine rings is 1. The second-order valence-corrected chi connectivity index (χ2v) is 4.68. The lowest BCUT2D eigenvalue weighted by atomic mass is 10.1. The van der Waals surface area contributed by atoms with E-state index >= 15 is 0 Å². The molecule has 1 aliphatic rings. The molecule has 1 unspecified atom stereocenters. The van der Waals surface area contributed by atoms with Crippen molar-refractivity contribution in [3.63, 3.8) is 0 Å². The molecule has 1 fully saturated rings. The standard InChI is InChI=1S/C13H17N3O4/c14-8-13(17)15-6-2-5-12(9-15)20-11-4-1-3-10(7-11)16(18)19/h1,3-4,7,12H,2,5-6,8-9,14H2. The van der Waals surface area contributed by atoms with Gasteiger partial charge in [0.15, 0.2) is 0 Å². The number of rotatable bonds is 4. The maximum Gasteiger partial charge on any atom is 0.273 e. The Balaban J connectivity index is 2.00. The Hall–Kier alpha value is -2.15. The van der Waals surface area contributed by atoms with Crippen LogP contribution in [0.3, 0.4) is 0 Å². The number of nitro groups is 1. The summed E-state index contributed by atoms with van der Waals surface area (Å²) in [7, 11) is 0. The number of nitrogens with zero attached hydrogens (tertiary/aromatic N) is 2. The molecule has 1 aliphatic heterocycles. The number of likely N-dealkylation sites (tertiary alicyclic amines) is 1. The van der Waals surface area contributed by atoms with E-state index in [-0.39, 0.29) is 24.2 Å². The summed E-state index contributed by atoms with van der Waals surface area (Å²) in [6.07, 6.45) is 1.50. The fourth-order valence-corrected chi connectivity index (χ4v) is 2.25. The van der Waals surface area contributed by atoms with E-state index in [0.717, 1.165) is 12.8 Å². The van der Waals surface area contributed by atoms with E-state index < -0.39 is 4.92 Å². The van der Waals surface area contributed by atoms with E-state index in [1.807, 2.05) is 0 Å². The number of ether oxygens (including phenoxy) is 1. The highest BCUT2D eigenvalue weighted by Crippen LogP contribution is 2.22. The van der Waals surface area contributed by atoms with Crippen molar-refractivity contribution < 1.29 is 14.5 Å². The number of carbonyl (C=O) groups excluding carboxylic acids is 1. The van der Waals surface area contributed by atoms with E-state index in [2.05, 4.69) is 0 Å². The van der Waals surface area contributed by atoms with Gasteiger partial charge in [-0.2, -0.15) is 0 Å². The fourth-order valence-electron chi connectivity index (χ4n) is 2.25. The van der Waals surface area contributed by atoms with E-state index in [0.29, 0.717) is 18.8 Å². The van der Waals surface area contributed by atoms with Gasteiger partial charge in [-0.3, -0.25) is 14.9 Å². The lowest BCUT2D eigenvalue weighted by Crippen LogP contribution is -2.46. The van der Waals surface area contributed by atoms with E-state index in [9.17, 15) is 14.9 Å². The fraction of sp³-hybridized carbons (Fsp3) is 0.462. The molecular weight excluding hydrogens is 262 g/mol. The van der Waals surface area contributed by atoms with Crippen LogP contribution in [0, 0.1) is 10.1 Å². The van der Waals surface area contributed by atoms with Crippen LogP contribution in [-0.2, 0) is 4.79 Å². The minimum absolute atomic E-state index is 0.00630. The third-order valence-electron chi connectivity index (χ3n) is 3.24. The molecule has 2 N–H and O–H groups in total. The van der Waals surface area contributed by atoms with Crippen LogP contribution in [0.4, 0.5) is 5.69 Å². The molecule has 7 nitrogen and oxygen atoms in total. The van der Waals surface area contributed by atoms with Crippen LogP contribution in [0.5, 0.6) is 5.75 Å². The van der Waals surface area contributed by atoms with Gasteiger partial charge >= 0.3 is 0 Å². The molecule has 1 amide bonds. The van der Waals surface area contributed by atoms with Crippen molar-refractivity contribution in [1.82, 2.24) is 4.90 Å². The zero-order chi connectivity index (χ0) is 14.5. The number of amides is 1. The predicted octanol–water partition coefficient (Wildman–Crippen LogP) is 0.923. The summed E-state index contributed by atoms with van der Waals surface area (Å²) in [4.78, 5) is 23.5. The van der Waals surface area contributed by atoms with Crippen LogP contribution in [0.2, 0.25) is 0 Å². The van der Waals surface area contributed by atoms with Crippen LogP contribution in [0.15, 0.2) is 24.3 Å². The van der Waals surface area contributed by atoms with Gasteiger partial charge in [0.1, 0.15) is 11.9 Å². The van der Waals surface area contributed by atoms with Crippen LogP contribution in [0.1, 0.15) is 12.8 Å². The normalized spacial score (nSPS) is 18.6. The number of non-ortho nitro benzene ring substituents is 1. The number of nitro benzene ring substituents is 1. The molecular formula is C13H17N3O4. The summed E-state index contributed by atoms with van der Waals surface area (Å²) in [6, 6.07) is 6.07. The molecule has 1 saturated heterocycles. The second kappa shape index (κ2) is 6.33. The van der Waals surface area contributed by atoms with Gasteiger partial charge < -0.3 is 15.4 Å². The highest BCUT2D eigenvalue weighted by molar-refractivity contribution is 5.78. The zero-order valence-electron chi connectivity index (χ0n) is 11.0. The number of nitrogens with two attached hydrogens (primary N) is 1. The number of benzene rings is 1. The molecule has 2 rings (SSSR count). The van der Waals surface area contributed by atoms with Gasteiger partial charge in [0.2, 0.25) is 5.91 Å². The van der Waals surface area contributed by atoms with Crippen molar-refractivity contribution in [2.24, 2.45) is 5.73 Å². The van der Waals surface area contributed by atoms with E-state index in [4.69, 9.17) is 10.5 Å². The molecule has 1 aromatic rings. The van der Waals surface area contributed by atoms with Gasteiger partial charge in [0, 0.05) is 12.6 Å². The average molecular weight is 279 g/mol. The Morgan fingerprint density at radius 2 is 2.35 bits per heavy atom. The van der Waals surface area contributed by atoms with Gasteiger partial charge in [-0.1, -0.05) is 6.07 Å². The predicted molar refractivity (Wildman–Crippen MR) is 72.4 cm³/mol. The van der Waals surface area contributed by atoms with Crippen LogP contribution < -0.4 is 10.5 Å². The maximum atomic E-state index is 11.6. The quantitative estimate of drug-likeness (QED) is 0.652. The van der Waals surface area contributed by atoms with Crippen LogP contribution in [0.25, 0.3) is 0 Å². The molecule has 0 spiro atoms. The third-order valence-corrected chi connectivity index (χ3v) is 3.24. The summed E-state index contributed by atoms with van der Waals surface area (Å²) >= 11 is 0. The molecule has 1 heterocycles. The summed E-state index contributed by atoms with van der Waals surface area (Å²) in [6.45, 7) is 1.15. The topological polar surface area (TPSA) is 98.7 Å². The SMILES string of the molecule is NCC(=O)N1CCCC(Oc2cccc([N+](=O)[O-])c2)C1. The van der Waals surface area contributed by atoms with Crippen molar-refractivity contribution in [2.75, 3.05) is 19.6 Å². The molecule has 108 valence electrons. The first kappa shape index (κ1) is 14.3. The largest absolute Gasteiger partial charge is 0.488 e. The molecule has 0 radical (unpaired) electrons. The highest BCUT2D eigenvalue weighted by atomic mass is 16.6. The maximum absolute atomic E-state index is 11.6. The van der Waals surface area contributed by atoms with E-state index in [1.54, 1.807) is 17.0 Å². The Morgan fingerprint density at radius 1 is 1.55 bits per heavy atom. The van der Waals surface area contributed by atoms with Gasteiger partial charge in [0.25, 0.3) is 5.69 Å². The summed E-state index contributed by atoms with van der Waals surface area (Å²) in [5.41, 5.74) is 5.34. The molecule has 7 heteroatoms. The summed E-state index contributed by atoms with van der Waals surface area (Å²) in [5.74, 6) is 0.351. The molecule has 1 aromatic carbocycles. The average Bonchev–Trinajstić information content (AvgIpc) is 2.47. The monoisotopic (exact) mass is 279 g/mol. The lowest BCUT2D eigenvalue weighted by Gasteiger charge is -2.32. The van der Waals surface area contributed by atoms with Crippen molar-refractivity contribution in [2.45, 2.75) is 18.9 Å². The van der Waals surface area contributed by atoms with Crippen molar-refractivity contribution in [1.29, 1.82) is 0 Å². The second-order valence-electron chi connectivity index (χ2n) is 4.68. The molecule has 0 bridgehead atoms. The minimum atomic E-state index is -0.460. The molecule has 0 aliphatic carbocycles. The first-order valence-corrected chi connectivity index (χ1v) is 6.49. The first-order chi connectivity index (χ1) is 9.60. The summed E-state index contributed by atoms with van der Waals surface area (Å²) in [5, 5.41) is 10.7.